The fraction of sp³-hybridized carbons (Fsp3) is 0.429. The van der Waals surface area contributed by atoms with Gasteiger partial charge in [0.1, 0.15) is 24.3 Å². The van der Waals surface area contributed by atoms with E-state index < -0.39 is 6.10 Å². The normalized spacial score (nSPS) is 16.5. The largest absolute Gasteiger partial charge is 0.490 e. The van der Waals surface area contributed by atoms with Crippen LogP contribution in [0, 0.1) is 19.7 Å². The first-order chi connectivity index (χ1) is 12.5. The van der Waals surface area contributed by atoms with Crippen LogP contribution in [0.1, 0.15) is 11.1 Å². The number of nitrogens with zero attached hydrogens (tertiary/aromatic N) is 2. The Morgan fingerprint density at radius 2 is 1.65 bits per heavy atom. The van der Waals surface area contributed by atoms with Gasteiger partial charge in [0.15, 0.2) is 0 Å². The van der Waals surface area contributed by atoms with Crippen molar-refractivity contribution in [3.63, 3.8) is 0 Å². The minimum atomic E-state index is -0.547. The number of benzene rings is 2. The van der Waals surface area contributed by atoms with Crippen LogP contribution in [0.15, 0.2) is 42.5 Å². The number of piperazine rings is 1. The van der Waals surface area contributed by atoms with Gasteiger partial charge < -0.3 is 14.7 Å². The molecule has 1 aliphatic heterocycles. The molecule has 1 aliphatic rings. The predicted molar refractivity (Wildman–Crippen MR) is 102 cm³/mol. The van der Waals surface area contributed by atoms with Crippen molar-refractivity contribution < 1.29 is 14.2 Å². The number of anilines is 1. The van der Waals surface area contributed by atoms with E-state index in [0.717, 1.165) is 43.1 Å². The Morgan fingerprint density at radius 3 is 2.31 bits per heavy atom. The maximum Gasteiger partial charge on any atom is 0.146 e. The molecule has 0 saturated carbocycles. The molecule has 2 aromatic carbocycles. The molecule has 1 fully saturated rings. The molecular formula is C21H27FN2O2. The molecule has 140 valence electrons. The van der Waals surface area contributed by atoms with Gasteiger partial charge in [0.25, 0.3) is 0 Å². The summed E-state index contributed by atoms with van der Waals surface area (Å²) in [6.45, 7) is 7.98. The lowest BCUT2D eigenvalue weighted by molar-refractivity contribution is 0.0658. The highest BCUT2D eigenvalue weighted by molar-refractivity contribution is 5.48. The Bertz CT molecular complexity index is 709. The molecule has 1 heterocycles. The van der Waals surface area contributed by atoms with Crippen LogP contribution in [0.3, 0.4) is 0 Å². The van der Waals surface area contributed by atoms with Crippen LogP contribution in [0.4, 0.5) is 10.1 Å². The quantitative estimate of drug-likeness (QED) is 0.861. The van der Waals surface area contributed by atoms with Gasteiger partial charge in [0.05, 0.1) is 5.69 Å². The third-order valence-corrected chi connectivity index (χ3v) is 4.86. The average Bonchev–Trinajstić information content (AvgIpc) is 2.62. The Balaban J connectivity index is 1.46. The van der Waals surface area contributed by atoms with E-state index in [1.54, 1.807) is 6.07 Å². The van der Waals surface area contributed by atoms with Crippen molar-refractivity contribution in [3.8, 4) is 5.75 Å². The summed E-state index contributed by atoms with van der Waals surface area (Å²) in [5.74, 6) is 0.680. The third-order valence-electron chi connectivity index (χ3n) is 4.86. The lowest BCUT2D eigenvalue weighted by Gasteiger charge is -2.37. The van der Waals surface area contributed by atoms with E-state index in [1.807, 2.05) is 44.2 Å². The second kappa shape index (κ2) is 8.52. The van der Waals surface area contributed by atoms with Gasteiger partial charge in [0.2, 0.25) is 0 Å². The van der Waals surface area contributed by atoms with Gasteiger partial charge in [0, 0.05) is 32.7 Å². The van der Waals surface area contributed by atoms with Crippen molar-refractivity contribution in [1.82, 2.24) is 4.90 Å². The van der Waals surface area contributed by atoms with Crippen LogP contribution >= 0.6 is 0 Å². The molecule has 0 bridgehead atoms. The minimum Gasteiger partial charge on any atom is -0.490 e. The Labute approximate surface area is 154 Å². The summed E-state index contributed by atoms with van der Waals surface area (Å²) in [4.78, 5) is 4.27. The van der Waals surface area contributed by atoms with Crippen LogP contribution < -0.4 is 9.64 Å². The second-order valence-electron chi connectivity index (χ2n) is 6.92. The lowest BCUT2D eigenvalue weighted by atomic mass is 10.1. The number of rotatable bonds is 6. The van der Waals surface area contributed by atoms with Gasteiger partial charge in [-0.05, 0) is 37.1 Å². The van der Waals surface area contributed by atoms with Gasteiger partial charge in [-0.3, -0.25) is 4.90 Å². The summed E-state index contributed by atoms with van der Waals surface area (Å²) in [7, 11) is 0. The first-order valence-electron chi connectivity index (χ1n) is 9.13. The topological polar surface area (TPSA) is 35.9 Å². The van der Waals surface area contributed by atoms with Crippen molar-refractivity contribution in [2.24, 2.45) is 0 Å². The predicted octanol–water partition coefficient (Wildman–Crippen LogP) is 3.00. The molecule has 0 radical (unpaired) electrons. The first-order valence-corrected chi connectivity index (χ1v) is 9.13. The summed E-state index contributed by atoms with van der Waals surface area (Å²) in [6, 6.07) is 12.9. The average molecular weight is 358 g/mol. The number of halogens is 1. The molecule has 1 atom stereocenters. The molecular weight excluding hydrogens is 331 g/mol. The molecule has 0 amide bonds. The van der Waals surface area contributed by atoms with Crippen molar-refractivity contribution in [2.45, 2.75) is 20.0 Å². The summed E-state index contributed by atoms with van der Waals surface area (Å²) >= 11 is 0. The van der Waals surface area contributed by atoms with Crippen molar-refractivity contribution in [1.29, 1.82) is 0 Å². The SMILES string of the molecule is Cc1cccc(C)c1OC[C@H](O)CN1CCN(c2ccccc2F)CC1. The highest BCUT2D eigenvalue weighted by Crippen LogP contribution is 2.23. The van der Waals surface area contributed by atoms with Crippen LogP contribution in [-0.2, 0) is 0 Å². The van der Waals surface area contributed by atoms with E-state index in [1.165, 1.54) is 6.07 Å². The molecule has 0 aliphatic carbocycles. The van der Waals surface area contributed by atoms with Gasteiger partial charge >= 0.3 is 0 Å². The van der Waals surface area contributed by atoms with E-state index >= 15 is 0 Å². The zero-order chi connectivity index (χ0) is 18.5. The molecule has 1 N–H and O–H groups in total. The van der Waals surface area contributed by atoms with E-state index in [0.29, 0.717) is 12.2 Å². The highest BCUT2D eigenvalue weighted by Gasteiger charge is 2.21. The zero-order valence-corrected chi connectivity index (χ0v) is 15.5. The van der Waals surface area contributed by atoms with Crippen LogP contribution in [0.5, 0.6) is 5.75 Å². The summed E-state index contributed by atoms with van der Waals surface area (Å²) in [5.41, 5.74) is 2.82. The minimum absolute atomic E-state index is 0.178. The molecule has 5 heteroatoms. The maximum atomic E-state index is 13.9. The van der Waals surface area contributed by atoms with Crippen molar-refractivity contribution in [2.75, 3.05) is 44.2 Å². The zero-order valence-electron chi connectivity index (χ0n) is 15.5. The molecule has 1 saturated heterocycles. The molecule has 2 aromatic rings. The van der Waals surface area contributed by atoms with Crippen LogP contribution in [-0.4, -0.2) is 55.4 Å². The molecule has 26 heavy (non-hydrogen) atoms. The Morgan fingerprint density at radius 1 is 1.00 bits per heavy atom. The molecule has 4 nitrogen and oxygen atoms in total. The maximum absolute atomic E-state index is 13.9. The number of aryl methyl sites for hydroxylation is 2. The summed E-state index contributed by atoms with van der Waals surface area (Å²) in [6.07, 6.45) is -0.547. The fourth-order valence-corrected chi connectivity index (χ4v) is 3.44. The molecule has 0 spiro atoms. The number of hydrogen-bond donors (Lipinski definition) is 1. The van der Waals surface area contributed by atoms with Crippen molar-refractivity contribution in [3.05, 3.63) is 59.4 Å². The van der Waals surface area contributed by atoms with Crippen LogP contribution in [0.2, 0.25) is 0 Å². The number of ether oxygens (including phenoxy) is 1. The number of aliphatic hydroxyl groups is 1. The fourth-order valence-electron chi connectivity index (χ4n) is 3.44. The van der Waals surface area contributed by atoms with Gasteiger partial charge in [-0.25, -0.2) is 4.39 Å². The number of aliphatic hydroxyl groups excluding tert-OH is 1. The van der Waals surface area contributed by atoms with Gasteiger partial charge in [-0.15, -0.1) is 0 Å². The van der Waals surface area contributed by atoms with Crippen molar-refractivity contribution >= 4 is 5.69 Å². The monoisotopic (exact) mass is 358 g/mol. The lowest BCUT2D eigenvalue weighted by Crippen LogP contribution is -2.49. The van der Waals surface area contributed by atoms with Crippen LogP contribution in [0.25, 0.3) is 0 Å². The number of β-amino-alcohol motifs (C(OH)–C–C–N with tert-alkyl or cyclic N) is 1. The number of hydrogen-bond acceptors (Lipinski definition) is 4. The van der Waals surface area contributed by atoms with E-state index in [-0.39, 0.29) is 12.4 Å². The van der Waals surface area contributed by atoms with Gasteiger partial charge in [-0.2, -0.15) is 0 Å². The Hall–Kier alpha value is -2.11. The molecule has 0 unspecified atom stereocenters. The van der Waals surface area contributed by atoms with E-state index in [2.05, 4.69) is 9.80 Å². The smallest absolute Gasteiger partial charge is 0.146 e. The van der Waals surface area contributed by atoms with E-state index in [9.17, 15) is 9.50 Å². The second-order valence-corrected chi connectivity index (χ2v) is 6.92. The number of para-hydroxylation sites is 2. The van der Waals surface area contributed by atoms with Gasteiger partial charge in [-0.1, -0.05) is 30.3 Å². The summed E-state index contributed by atoms with van der Waals surface area (Å²) in [5, 5.41) is 10.3. The molecule has 3 rings (SSSR count). The van der Waals surface area contributed by atoms with E-state index in [4.69, 9.17) is 4.74 Å². The standard InChI is InChI=1S/C21H27FN2O2/c1-16-6-5-7-17(2)21(16)26-15-18(25)14-23-10-12-24(13-11-23)20-9-4-3-8-19(20)22/h3-9,18,25H,10-15H2,1-2H3/t18-/m1/s1. The summed E-state index contributed by atoms with van der Waals surface area (Å²) < 4.78 is 19.7. The first kappa shape index (κ1) is 18.7. The third kappa shape index (κ3) is 4.54. The molecule has 0 aromatic heterocycles. The Kier molecular flexibility index (Phi) is 6.12. The highest BCUT2D eigenvalue weighted by atomic mass is 19.1.